The Labute approximate surface area is 166 Å². The predicted molar refractivity (Wildman–Crippen MR) is 111 cm³/mol. The van der Waals surface area contributed by atoms with Gasteiger partial charge in [0.05, 0.1) is 18.5 Å². The fourth-order valence-electron chi connectivity index (χ4n) is 3.29. The number of carbonyl (C=O) groups is 1. The minimum absolute atomic E-state index is 0.252. The molecule has 0 bridgehead atoms. The number of hydrogen-bond acceptors (Lipinski definition) is 4. The van der Waals surface area contributed by atoms with Crippen LogP contribution in [0.5, 0.6) is 0 Å². The molecule has 0 aromatic rings. The number of carbonyl (C=O) groups excluding carboxylic acids is 1. The molecule has 158 valence electrons. The van der Waals surface area contributed by atoms with Crippen molar-refractivity contribution in [3.8, 4) is 0 Å². The Morgan fingerprint density at radius 1 is 0.889 bits per heavy atom. The molecule has 1 amide bonds. The second-order valence-electron chi connectivity index (χ2n) is 7.71. The average Bonchev–Trinajstić information content (AvgIpc) is 3.33. The zero-order valence-corrected chi connectivity index (χ0v) is 18.1. The second-order valence-corrected chi connectivity index (χ2v) is 9.46. The summed E-state index contributed by atoms with van der Waals surface area (Å²) in [6.07, 6.45) is 22.0. The highest BCUT2D eigenvalue weighted by Gasteiger charge is 2.36. The van der Waals surface area contributed by atoms with Gasteiger partial charge in [0.2, 0.25) is 15.9 Å². The third-order valence-electron chi connectivity index (χ3n) is 4.88. The SMILES string of the molecule is CCCCCC1OC1CCCCCCC/C=C\CCCC(=O)NS(C)(=O)=O. The normalized spacial score (nSPS) is 19.5. The first-order valence-electron chi connectivity index (χ1n) is 10.7. The van der Waals surface area contributed by atoms with Crippen molar-refractivity contribution in [2.24, 2.45) is 0 Å². The maximum atomic E-state index is 11.3. The number of amides is 1. The standard InChI is InChI=1S/C21H39NO4S/c1-3-4-13-16-19-20(26-19)17-14-11-9-7-5-6-8-10-12-15-18-21(23)22-27(2,24)25/h8,10,19-20H,3-7,9,11-18H2,1-2H3,(H,22,23)/b10-8-. The van der Waals surface area contributed by atoms with Crippen molar-refractivity contribution in [3.63, 3.8) is 0 Å². The summed E-state index contributed by atoms with van der Waals surface area (Å²) < 4.78 is 29.5. The van der Waals surface area contributed by atoms with E-state index in [9.17, 15) is 13.2 Å². The molecule has 0 aliphatic carbocycles. The van der Waals surface area contributed by atoms with E-state index in [2.05, 4.69) is 19.1 Å². The van der Waals surface area contributed by atoms with Crippen molar-refractivity contribution in [1.82, 2.24) is 4.72 Å². The average molecular weight is 402 g/mol. The molecule has 6 heteroatoms. The molecule has 5 nitrogen and oxygen atoms in total. The van der Waals surface area contributed by atoms with Crippen LogP contribution < -0.4 is 4.72 Å². The van der Waals surface area contributed by atoms with Gasteiger partial charge in [0.1, 0.15) is 0 Å². The molecule has 0 aromatic carbocycles. The molecule has 27 heavy (non-hydrogen) atoms. The summed E-state index contributed by atoms with van der Waals surface area (Å²) in [5.74, 6) is -0.422. The highest BCUT2D eigenvalue weighted by atomic mass is 32.2. The number of unbranched alkanes of at least 4 members (excludes halogenated alkanes) is 8. The summed E-state index contributed by atoms with van der Waals surface area (Å²) in [6, 6.07) is 0. The molecule has 1 aliphatic rings. The van der Waals surface area contributed by atoms with Crippen molar-refractivity contribution in [2.75, 3.05) is 6.26 Å². The largest absolute Gasteiger partial charge is 0.370 e. The van der Waals surface area contributed by atoms with Gasteiger partial charge in [0, 0.05) is 6.42 Å². The first-order valence-corrected chi connectivity index (χ1v) is 12.6. The Morgan fingerprint density at radius 2 is 1.44 bits per heavy atom. The van der Waals surface area contributed by atoms with Crippen molar-refractivity contribution in [2.45, 2.75) is 109 Å². The highest BCUT2D eigenvalue weighted by molar-refractivity contribution is 7.89. The molecule has 0 aromatic heterocycles. The van der Waals surface area contributed by atoms with Gasteiger partial charge in [-0.2, -0.15) is 0 Å². The van der Waals surface area contributed by atoms with Gasteiger partial charge in [0.25, 0.3) is 0 Å². The van der Waals surface area contributed by atoms with E-state index in [0.717, 1.165) is 19.1 Å². The highest BCUT2D eigenvalue weighted by Crippen LogP contribution is 2.31. The van der Waals surface area contributed by atoms with Gasteiger partial charge in [-0.3, -0.25) is 9.52 Å². The van der Waals surface area contributed by atoms with Crippen LogP contribution in [0.15, 0.2) is 12.2 Å². The summed E-state index contributed by atoms with van der Waals surface area (Å²) in [5.41, 5.74) is 0. The van der Waals surface area contributed by atoms with Gasteiger partial charge in [-0.05, 0) is 38.5 Å². The van der Waals surface area contributed by atoms with Crippen LogP contribution in [0.2, 0.25) is 0 Å². The van der Waals surface area contributed by atoms with Gasteiger partial charge in [0.15, 0.2) is 0 Å². The van der Waals surface area contributed by atoms with Crippen LogP contribution in [-0.2, 0) is 19.6 Å². The fraction of sp³-hybridized carbons (Fsp3) is 0.857. The second kappa shape index (κ2) is 14.2. The van der Waals surface area contributed by atoms with Crippen molar-refractivity contribution in [1.29, 1.82) is 0 Å². The van der Waals surface area contributed by atoms with Gasteiger partial charge >= 0.3 is 0 Å². The maximum absolute atomic E-state index is 11.3. The number of allylic oxidation sites excluding steroid dienone is 2. The lowest BCUT2D eigenvalue weighted by molar-refractivity contribution is -0.119. The summed E-state index contributed by atoms with van der Waals surface area (Å²) in [7, 11) is -3.42. The van der Waals surface area contributed by atoms with Crippen LogP contribution in [0.4, 0.5) is 0 Å². The van der Waals surface area contributed by atoms with E-state index < -0.39 is 15.9 Å². The zero-order valence-electron chi connectivity index (χ0n) is 17.3. The molecule has 0 radical (unpaired) electrons. The molecule has 2 unspecified atom stereocenters. The van der Waals surface area contributed by atoms with Crippen molar-refractivity contribution in [3.05, 3.63) is 12.2 Å². The summed E-state index contributed by atoms with van der Waals surface area (Å²) in [5, 5.41) is 0. The molecule has 1 saturated heterocycles. The maximum Gasteiger partial charge on any atom is 0.233 e. The van der Waals surface area contributed by atoms with Crippen molar-refractivity contribution >= 4 is 15.9 Å². The minimum atomic E-state index is -3.42. The van der Waals surface area contributed by atoms with Crippen LogP contribution in [0.3, 0.4) is 0 Å². The molecule has 0 spiro atoms. The molecule has 0 saturated carbocycles. The quantitative estimate of drug-likeness (QED) is 0.214. The van der Waals surface area contributed by atoms with E-state index >= 15 is 0 Å². The third kappa shape index (κ3) is 14.8. The molecule has 2 atom stereocenters. The first kappa shape index (κ1) is 24.2. The molecule has 1 rings (SSSR count). The van der Waals surface area contributed by atoms with E-state index in [0.29, 0.717) is 18.6 Å². The van der Waals surface area contributed by atoms with Crippen LogP contribution in [0.1, 0.15) is 96.8 Å². The number of sulfonamides is 1. The van der Waals surface area contributed by atoms with E-state index in [1.54, 1.807) is 0 Å². The van der Waals surface area contributed by atoms with Gasteiger partial charge < -0.3 is 4.74 Å². The molecule has 1 fully saturated rings. The topological polar surface area (TPSA) is 75.8 Å². The van der Waals surface area contributed by atoms with E-state index in [1.165, 1.54) is 64.2 Å². The third-order valence-corrected chi connectivity index (χ3v) is 5.48. The summed E-state index contributed by atoms with van der Waals surface area (Å²) in [6.45, 7) is 2.24. The van der Waals surface area contributed by atoms with E-state index in [1.807, 2.05) is 4.72 Å². The molecular formula is C21H39NO4S. The van der Waals surface area contributed by atoms with E-state index in [4.69, 9.17) is 4.74 Å². The molecule has 1 heterocycles. The Morgan fingerprint density at radius 3 is 2.07 bits per heavy atom. The first-order chi connectivity index (χ1) is 12.9. The zero-order chi connectivity index (χ0) is 20.0. The number of nitrogens with one attached hydrogen (secondary N) is 1. The lowest BCUT2D eigenvalue weighted by atomic mass is 10.0. The molecule has 1 aliphatic heterocycles. The van der Waals surface area contributed by atoms with E-state index in [-0.39, 0.29) is 6.42 Å². The number of hydrogen-bond donors (Lipinski definition) is 1. The van der Waals surface area contributed by atoms with Crippen molar-refractivity contribution < 1.29 is 17.9 Å². The number of ether oxygens (including phenoxy) is 1. The lowest BCUT2D eigenvalue weighted by Gasteiger charge is -2.01. The molecule has 1 N–H and O–H groups in total. The Bertz CT molecular complexity index is 530. The van der Waals surface area contributed by atoms with Gasteiger partial charge in [-0.15, -0.1) is 0 Å². The molecular weight excluding hydrogens is 362 g/mol. The van der Waals surface area contributed by atoms with Crippen LogP contribution in [0, 0.1) is 0 Å². The summed E-state index contributed by atoms with van der Waals surface area (Å²) >= 11 is 0. The lowest BCUT2D eigenvalue weighted by Crippen LogP contribution is -2.28. The monoisotopic (exact) mass is 401 g/mol. The number of rotatable bonds is 17. The fourth-order valence-corrected chi connectivity index (χ4v) is 3.81. The van der Waals surface area contributed by atoms with Gasteiger partial charge in [-0.1, -0.05) is 64.0 Å². The Balaban J connectivity index is 1.81. The predicted octanol–water partition coefficient (Wildman–Crippen LogP) is 4.87. The smallest absolute Gasteiger partial charge is 0.233 e. The number of epoxide rings is 1. The Hall–Kier alpha value is -0.880. The summed E-state index contributed by atoms with van der Waals surface area (Å²) in [4.78, 5) is 11.3. The van der Waals surface area contributed by atoms with Crippen LogP contribution in [0.25, 0.3) is 0 Å². The van der Waals surface area contributed by atoms with Crippen LogP contribution >= 0.6 is 0 Å². The Kier molecular flexibility index (Phi) is 12.7. The minimum Gasteiger partial charge on any atom is -0.370 e. The van der Waals surface area contributed by atoms with Crippen LogP contribution in [-0.4, -0.2) is 32.8 Å². The van der Waals surface area contributed by atoms with Gasteiger partial charge in [-0.25, -0.2) is 8.42 Å².